The van der Waals surface area contributed by atoms with Crippen molar-refractivity contribution in [1.29, 1.82) is 0 Å². The molecule has 1 atom stereocenters. The first-order valence-electron chi connectivity index (χ1n) is 9.22. The van der Waals surface area contributed by atoms with Crippen molar-refractivity contribution in [2.75, 3.05) is 52.7 Å². The fourth-order valence-electron chi connectivity index (χ4n) is 3.21. The minimum absolute atomic E-state index is 0.266. The molecular formula is C17H30N5O3S+3. The number of nitrogens with one attached hydrogen (secondary N) is 5. The second-order valence-corrected chi connectivity index (χ2v) is 8.65. The first-order chi connectivity index (χ1) is 12.5. The van der Waals surface area contributed by atoms with Gasteiger partial charge in [0.05, 0.1) is 26.3 Å². The van der Waals surface area contributed by atoms with Crippen molar-refractivity contribution in [3.8, 4) is 0 Å². The highest BCUT2D eigenvalue weighted by atomic mass is 32.2. The summed E-state index contributed by atoms with van der Waals surface area (Å²) in [5.41, 5.74) is 1.03. The van der Waals surface area contributed by atoms with Crippen LogP contribution in [0, 0.1) is 6.92 Å². The average molecular weight is 385 g/mol. The van der Waals surface area contributed by atoms with Gasteiger partial charge in [-0.2, -0.15) is 13.1 Å². The fraction of sp³-hybridized carbons (Fsp3) is 0.588. The number of hydrogen-bond donors (Lipinski definition) is 5. The van der Waals surface area contributed by atoms with Gasteiger partial charge in [-0.3, -0.25) is 4.90 Å². The maximum absolute atomic E-state index is 12.4. The monoisotopic (exact) mass is 384 g/mol. The summed E-state index contributed by atoms with van der Waals surface area (Å²) >= 11 is 0. The first kappa shape index (κ1) is 19.1. The Balaban J connectivity index is 1.44. The van der Waals surface area contributed by atoms with E-state index < -0.39 is 10.0 Å². The molecule has 26 heavy (non-hydrogen) atoms. The Morgan fingerprint density at radius 3 is 2.50 bits per heavy atom. The number of quaternary nitrogens is 2. The zero-order valence-electron chi connectivity index (χ0n) is 15.3. The molecule has 0 aliphatic carbocycles. The molecule has 9 heteroatoms. The Hall–Kier alpha value is -1.68. The van der Waals surface area contributed by atoms with Crippen LogP contribution in [0.1, 0.15) is 12.0 Å². The van der Waals surface area contributed by atoms with Crippen molar-refractivity contribution >= 4 is 16.0 Å². The minimum atomic E-state index is -3.56. The van der Waals surface area contributed by atoms with Gasteiger partial charge in [0.2, 0.25) is 0 Å². The van der Waals surface area contributed by atoms with Crippen LogP contribution in [0.15, 0.2) is 29.2 Å². The summed E-state index contributed by atoms with van der Waals surface area (Å²) in [5.74, 6) is 0.452. The molecule has 8 nitrogen and oxygen atoms in total. The zero-order chi connectivity index (χ0) is 18.4. The van der Waals surface area contributed by atoms with Gasteiger partial charge in [0.1, 0.15) is 18.0 Å². The van der Waals surface area contributed by atoms with Gasteiger partial charge in [-0.1, -0.05) is 17.7 Å². The highest BCUT2D eigenvalue weighted by Crippen LogP contribution is 2.09. The van der Waals surface area contributed by atoms with E-state index in [0.717, 1.165) is 44.8 Å². The van der Waals surface area contributed by atoms with E-state index in [1.165, 1.54) is 11.4 Å². The lowest BCUT2D eigenvalue weighted by atomic mass is 10.2. The van der Waals surface area contributed by atoms with Gasteiger partial charge in [0.15, 0.2) is 13.3 Å². The normalized spacial score (nSPS) is 21.7. The summed E-state index contributed by atoms with van der Waals surface area (Å²) in [6, 6.07) is 6.83. The second kappa shape index (κ2) is 8.81. The molecule has 5 N–H and O–H groups in total. The lowest BCUT2D eigenvalue weighted by Gasteiger charge is -2.25. The van der Waals surface area contributed by atoms with Gasteiger partial charge in [0, 0.05) is 6.42 Å². The number of benzene rings is 1. The van der Waals surface area contributed by atoms with Crippen LogP contribution < -0.4 is 24.8 Å². The molecule has 1 aromatic carbocycles. The van der Waals surface area contributed by atoms with E-state index in [4.69, 9.17) is 4.74 Å². The molecule has 0 aromatic heterocycles. The van der Waals surface area contributed by atoms with E-state index in [0.29, 0.717) is 19.3 Å². The van der Waals surface area contributed by atoms with Gasteiger partial charge >= 0.3 is 16.0 Å². The third-order valence-electron chi connectivity index (χ3n) is 4.86. The molecule has 0 bridgehead atoms. The molecule has 1 fully saturated rings. The van der Waals surface area contributed by atoms with Crippen LogP contribution in [0.25, 0.3) is 0 Å². The predicted octanol–water partition coefficient (Wildman–Crippen LogP) is -4.58. The maximum atomic E-state index is 12.4. The Bertz CT molecular complexity index is 714. The SMILES string of the molecule is Cc1ccc(S(=O)(=O)NC2=[NH+]C[NH+](CCC[NH+]3CCOCC3)CN2)cc1. The number of hydrogen-bond acceptors (Lipinski definition) is 4. The Kier molecular flexibility index (Phi) is 6.47. The molecule has 1 unspecified atom stereocenters. The van der Waals surface area contributed by atoms with Crippen LogP contribution in [0.4, 0.5) is 0 Å². The Morgan fingerprint density at radius 2 is 1.85 bits per heavy atom. The summed E-state index contributed by atoms with van der Waals surface area (Å²) < 4.78 is 32.8. The molecule has 0 amide bonds. The number of morpholine rings is 1. The van der Waals surface area contributed by atoms with Crippen LogP contribution in [0.5, 0.6) is 0 Å². The fourth-order valence-corrected chi connectivity index (χ4v) is 4.24. The van der Waals surface area contributed by atoms with Crippen molar-refractivity contribution in [3.63, 3.8) is 0 Å². The molecule has 3 rings (SSSR count). The lowest BCUT2D eigenvalue weighted by Crippen LogP contribution is -3.24. The first-order valence-corrected chi connectivity index (χ1v) is 10.7. The smallest absolute Gasteiger partial charge is 0.367 e. The highest BCUT2D eigenvalue weighted by Gasteiger charge is 2.26. The molecule has 0 spiro atoms. The molecule has 144 valence electrons. The van der Waals surface area contributed by atoms with Crippen LogP contribution in [-0.4, -0.2) is 67.1 Å². The Labute approximate surface area is 155 Å². The van der Waals surface area contributed by atoms with Gasteiger partial charge in [-0.15, -0.1) is 0 Å². The van der Waals surface area contributed by atoms with Crippen LogP contribution in [0.2, 0.25) is 0 Å². The van der Waals surface area contributed by atoms with Crippen LogP contribution >= 0.6 is 0 Å². The molecule has 2 aliphatic heterocycles. The van der Waals surface area contributed by atoms with Crippen molar-refractivity contribution in [2.45, 2.75) is 18.2 Å². The van der Waals surface area contributed by atoms with Gasteiger partial charge in [-0.05, 0) is 19.1 Å². The average Bonchev–Trinajstić information content (AvgIpc) is 2.64. The maximum Gasteiger partial charge on any atom is 0.367 e. The summed E-state index contributed by atoms with van der Waals surface area (Å²) in [6.45, 7) is 9.51. The molecule has 0 radical (unpaired) electrons. The van der Waals surface area contributed by atoms with Crippen molar-refractivity contribution in [1.82, 2.24) is 10.0 Å². The van der Waals surface area contributed by atoms with E-state index in [2.05, 4.69) is 15.0 Å². The number of aryl methyl sites for hydroxylation is 1. The summed E-state index contributed by atoms with van der Waals surface area (Å²) in [4.78, 5) is 6.40. The van der Waals surface area contributed by atoms with Crippen molar-refractivity contribution < 1.29 is 27.9 Å². The zero-order valence-corrected chi connectivity index (χ0v) is 16.1. The molecule has 1 aromatic rings. The number of guanidine groups is 1. The lowest BCUT2D eigenvalue weighted by molar-refractivity contribution is -0.984. The summed E-state index contributed by atoms with van der Waals surface area (Å²) in [6.07, 6.45) is 1.15. The van der Waals surface area contributed by atoms with E-state index in [1.807, 2.05) is 6.92 Å². The number of rotatable bonds is 6. The summed E-state index contributed by atoms with van der Waals surface area (Å²) in [5, 5.41) is 3.15. The van der Waals surface area contributed by atoms with E-state index in [9.17, 15) is 8.42 Å². The number of ether oxygens (including phenoxy) is 1. The minimum Gasteiger partial charge on any atom is -0.370 e. The molecule has 2 aliphatic rings. The van der Waals surface area contributed by atoms with Gasteiger partial charge in [0.25, 0.3) is 0 Å². The van der Waals surface area contributed by atoms with Crippen molar-refractivity contribution in [2.24, 2.45) is 0 Å². The predicted molar refractivity (Wildman–Crippen MR) is 97.2 cm³/mol. The largest absolute Gasteiger partial charge is 0.370 e. The van der Waals surface area contributed by atoms with Crippen LogP contribution in [0.3, 0.4) is 0 Å². The molecular weight excluding hydrogens is 354 g/mol. The van der Waals surface area contributed by atoms with Crippen molar-refractivity contribution in [3.05, 3.63) is 29.8 Å². The third kappa shape index (κ3) is 5.41. The second-order valence-electron chi connectivity index (χ2n) is 6.97. The standard InChI is InChI=1S/C17H27N5O3S/c1-15-3-5-16(6-4-15)26(23,24)20-17-18-13-22(14-19-17)8-2-7-21-9-11-25-12-10-21/h3-6H,2,7-14H2,1H3,(H2,18,19,20)/p+3. The van der Waals surface area contributed by atoms with Gasteiger partial charge in [-0.25, -0.2) is 10.3 Å². The highest BCUT2D eigenvalue weighted by molar-refractivity contribution is 7.90. The third-order valence-corrected chi connectivity index (χ3v) is 6.22. The van der Waals surface area contributed by atoms with E-state index >= 15 is 0 Å². The number of sulfonamides is 1. The molecule has 0 saturated carbocycles. The quantitative estimate of drug-likeness (QED) is 0.342. The van der Waals surface area contributed by atoms with E-state index in [-0.39, 0.29) is 4.90 Å². The van der Waals surface area contributed by atoms with Gasteiger partial charge < -0.3 is 9.64 Å². The molecule has 1 saturated heterocycles. The van der Waals surface area contributed by atoms with E-state index in [1.54, 1.807) is 29.2 Å². The molecule has 2 heterocycles. The van der Waals surface area contributed by atoms with Crippen LogP contribution in [-0.2, 0) is 14.8 Å². The topological polar surface area (TPSA) is 90.3 Å². The summed E-state index contributed by atoms with van der Waals surface area (Å²) in [7, 11) is -3.56. The Morgan fingerprint density at radius 1 is 1.15 bits per heavy atom.